The minimum Gasteiger partial charge on any atom is -0.384 e. The molecule has 4 heteroatoms. The van der Waals surface area contributed by atoms with Crippen LogP contribution in [0.2, 0.25) is 0 Å². The predicted molar refractivity (Wildman–Crippen MR) is 73.2 cm³/mol. The summed E-state index contributed by atoms with van der Waals surface area (Å²) >= 11 is 1.75. The molecule has 0 spiro atoms. The maximum Gasteiger partial charge on any atom is 0.123 e. The van der Waals surface area contributed by atoms with E-state index in [9.17, 15) is 0 Å². The average molecular weight is 247 g/mol. The van der Waals surface area contributed by atoms with Crippen LogP contribution in [-0.2, 0) is 6.54 Å². The van der Waals surface area contributed by atoms with Crippen LogP contribution in [0, 0.1) is 0 Å². The molecule has 2 N–H and O–H groups in total. The highest BCUT2D eigenvalue weighted by Crippen LogP contribution is 2.20. The molecule has 0 aliphatic heterocycles. The van der Waals surface area contributed by atoms with E-state index in [1.165, 1.54) is 5.56 Å². The van der Waals surface area contributed by atoms with E-state index < -0.39 is 0 Å². The average Bonchev–Trinajstić information content (AvgIpc) is 2.69. The van der Waals surface area contributed by atoms with Crippen LogP contribution in [0.1, 0.15) is 18.9 Å². The number of hydrogen-bond acceptors (Lipinski definition) is 3. The molecular weight excluding hydrogens is 230 g/mol. The molecule has 0 amide bonds. The van der Waals surface area contributed by atoms with Crippen molar-refractivity contribution in [3.8, 4) is 0 Å². The second-order valence-corrected chi connectivity index (χ2v) is 5.01. The van der Waals surface area contributed by atoms with Gasteiger partial charge in [0.25, 0.3) is 0 Å². The molecule has 3 nitrogen and oxygen atoms in total. The van der Waals surface area contributed by atoms with E-state index in [4.69, 9.17) is 5.73 Å². The number of rotatable bonds is 5. The molecule has 0 radical (unpaired) electrons. The topological polar surface area (TPSA) is 43.8 Å². The number of thioether (sulfide) groups is 1. The van der Waals surface area contributed by atoms with Gasteiger partial charge in [0.15, 0.2) is 0 Å². The lowest BCUT2D eigenvalue weighted by Crippen LogP contribution is -2.05. The maximum absolute atomic E-state index is 5.95. The zero-order valence-corrected chi connectivity index (χ0v) is 10.8. The number of aromatic nitrogens is 2. The third-order valence-corrected chi connectivity index (χ3v) is 3.53. The first-order chi connectivity index (χ1) is 8.29. The zero-order valence-electron chi connectivity index (χ0n) is 9.97. The SMILES string of the molecule is CCCSc1cc(N)n(Cc2ccccc2)n1. The first-order valence-electron chi connectivity index (χ1n) is 5.79. The van der Waals surface area contributed by atoms with Crippen LogP contribution in [0.5, 0.6) is 0 Å². The normalized spacial score (nSPS) is 10.6. The van der Waals surface area contributed by atoms with E-state index >= 15 is 0 Å². The summed E-state index contributed by atoms with van der Waals surface area (Å²) in [6.45, 7) is 2.90. The van der Waals surface area contributed by atoms with Crippen LogP contribution in [0.3, 0.4) is 0 Å². The van der Waals surface area contributed by atoms with Gasteiger partial charge in [-0.1, -0.05) is 37.3 Å². The minimum absolute atomic E-state index is 0.729. The Kier molecular flexibility index (Phi) is 4.09. The summed E-state index contributed by atoms with van der Waals surface area (Å²) in [5, 5.41) is 5.51. The Bertz CT molecular complexity index is 465. The molecule has 0 saturated carbocycles. The highest BCUT2D eigenvalue weighted by Gasteiger charge is 2.05. The fourth-order valence-corrected chi connectivity index (χ4v) is 2.34. The van der Waals surface area contributed by atoms with Crippen LogP contribution in [-0.4, -0.2) is 15.5 Å². The molecule has 17 heavy (non-hydrogen) atoms. The fourth-order valence-electron chi connectivity index (χ4n) is 1.57. The summed E-state index contributed by atoms with van der Waals surface area (Å²) in [5.74, 6) is 1.81. The van der Waals surface area contributed by atoms with Crippen molar-refractivity contribution in [3.05, 3.63) is 42.0 Å². The van der Waals surface area contributed by atoms with Crippen molar-refractivity contribution in [2.24, 2.45) is 0 Å². The van der Waals surface area contributed by atoms with Gasteiger partial charge in [-0.25, -0.2) is 4.68 Å². The Morgan fingerprint density at radius 1 is 1.29 bits per heavy atom. The summed E-state index contributed by atoms with van der Waals surface area (Å²) < 4.78 is 1.85. The summed E-state index contributed by atoms with van der Waals surface area (Å²) in [5.41, 5.74) is 7.17. The summed E-state index contributed by atoms with van der Waals surface area (Å²) in [4.78, 5) is 0. The maximum atomic E-state index is 5.95. The van der Waals surface area contributed by atoms with Crippen molar-refractivity contribution in [1.29, 1.82) is 0 Å². The molecule has 0 bridgehead atoms. The van der Waals surface area contributed by atoms with Crippen LogP contribution >= 0.6 is 11.8 Å². The van der Waals surface area contributed by atoms with Gasteiger partial charge in [-0.15, -0.1) is 11.8 Å². The largest absolute Gasteiger partial charge is 0.384 e. The molecule has 0 saturated heterocycles. The summed E-state index contributed by atoms with van der Waals surface area (Å²) in [6.07, 6.45) is 1.15. The molecule has 0 unspecified atom stereocenters. The molecule has 1 aromatic carbocycles. The Hall–Kier alpha value is -1.42. The van der Waals surface area contributed by atoms with Crippen molar-refractivity contribution in [2.75, 3.05) is 11.5 Å². The molecular formula is C13H17N3S. The van der Waals surface area contributed by atoms with E-state index in [2.05, 4.69) is 24.2 Å². The second kappa shape index (κ2) is 5.77. The van der Waals surface area contributed by atoms with E-state index in [1.807, 2.05) is 28.9 Å². The van der Waals surface area contributed by atoms with E-state index in [1.54, 1.807) is 11.8 Å². The Labute approximate surface area is 106 Å². The minimum atomic E-state index is 0.729. The quantitative estimate of drug-likeness (QED) is 0.826. The molecule has 2 aromatic rings. The number of nitrogen functional groups attached to an aromatic ring is 1. The molecule has 2 rings (SSSR count). The lowest BCUT2D eigenvalue weighted by atomic mass is 10.2. The lowest BCUT2D eigenvalue weighted by Gasteiger charge is -2.03. The Morgan fingerprint density at radius 2 is 2.06 bits per heavy atom. The van der Waals surface area contributed by atoms with Gasteiger partial charge in [-0.05, 0) is 17.7 Å². The molecule has 0 aliphatic rings. The molecule has 1 heterocycles. The van der Waals surface area contributed by atoms with E-state index in [-0.39, 0.29) is 0 Å². The molecule has 0 atom stereocenters. The Balaban J connectivity index is 2.08. The standard InChI is InChI=1S/C13H17N3S/c1-2-8-17-13-9-12(14)16(15-13)10-11-6-4-3-5-7-11/h3-7,9H,2,8,10,14H2,1H3. The molecule has 0 aliphatic carbocycles. The number of nitrogens with zero attached hydrogens (tertiary/aromatic N) is 2. The van der Waals surface area contributed by atoms with Crippen molar-refractivity contribution in [1.82, 2.24) is 9.78 Å². The van der Waals surface area contributed by atoms with Crippen molar-refractivity contribution in [2.45, 2.75) is 24.9 Å². The molecule has 0 fully saturated rings. The van der Waals surface area contributed by atoms with Crippen LogP contribution in [0.25, 0.3) is 0 Å². The number of hydrogen-bond donors (Lipinski definition) is 1. The number of anilines is 1. The third-order valence-electron chi connectivity index (χ3n) is 2.42. The number of benzene rings is 1. The zero-order chi connectivity index (χ0) is 12.1. The Morgan fingerprint density at radius 3 is 2.76 bits per heavy atom. The first-order valence-corrected chi connectivity index (χ1v) is 6.78. The van der Waals surface area contributed by atoms with Gasteiger partial charge in [0, 0.05) is 6.07 Å². The number of nitrogens with two attached hydrogens (primary N) is 1. The monoisotopic (exact) mass is 247 g/mol. The van der Waals surface area contributed by atoms with Crippen molar-refractivity contribution >= 4 is 17.6 Å². The van der Waals surface area contributed by atoms with Crippen LogP contribution in [0.4, 0.5) is 5.82 Å². The van der Waals surface area contributed by atoms with Gasteiger partial charge in [0.2, 0.25) is 0 Å². The van der Waals surface area contributed by atoms with Gasteiger partial charge in [-0.2, -0.15) is 5.10 Å². The van der Waals surface area contributed by atoms with Gasteiger partial charge >= 0.3 is 0 Å². The second-order valence-electron chi connectivity index (χ2n) is 3.90. The highest BCUT2D eigenvalue weighted by atomic mass is 32.2. The van der Waals surface area contributed by atoms with Gasteiger partial charge in [0.05, 0.1) is 6.54 Å². The first kappa shape index (κ1) is 12.0. The van der Waals surface area contributed by atoms with Crippen LogP contribution in [0.15, 0.2) is 41.4 Å². The molecule has 1 aromatic heterocycles. The highest BCUT2D eigenvalue weighted by molar-refractivity contribution is 7.99. The smallest absolute Gasteiger partial charge is 0.123 e. The van der Waals surface area contributed by atoms with Gasteiger partial charge in [0.1, 0.15) is 10.8 Å². The van der Waals surface area contributed by atoms with Gasteiger partial charge in [-0.3, -0.25) is 0 Å². The van der Waals surface area contributed by atoms with E-state index in [0.717, 1.165) is 29.6 Å². The van der Waals surface area contributed by atoms with E-state index in [0.29, 0.717) is 0 Å². The fraction of sp³-hybridized carbons (Fsp3) is 0.308. The third kappa shape index (κ3) is 3.27. The van der Waals surface area contributed by atoms with Gasteiger partial charge < -0.3 is 5.73 Å². The summed E-state index contributed by atoms with van der Waals surface area (Å²) in [7, 11) is 0. The van der Waals surface area contributed by atoms with Crippen molar-refractivity contribution < 1.29 is 0 Å². The van der Waals surface area contributed by atoms with Crippen molar-refractivity contribution in [3.63, 3.8) is 0 Å². The lowest BCUT2D eigenvalue weighted by molar-refractivity contribution is 0.675. The van der Waals surface area contributed by atoms with Crippen LogP contribution < -0.4 is 5.73 Å². The molecule has 90 valence electrons. The summed E-state index contributed by atoms with van der Waals surface area (Å²) in [6, 6.07) is 12.2. The predicted octanol–water partition coefficient (Wildman–Crippen LogP) is 3.02.